The zero-order valence-electron chi connectivity index (χ0n) is 13.8. The summed E-state index contributed by atoms with van der Waals surface area (Å²) in [6.45, 7) is 2.31. The third-order valence-corrected chi connectivity index (χ3v) is 5.07. The van der Waals surface area contributed by atoms with Gasteiger partial charge in [0.2, 0.25) is 5.91 Å². The van der Waals surface area contributed by atoms with Crippen molar-refractivity contribution in [2.75, 3.05) is 26.2 Å². The fourth-order valence-corrected chi connectivity index (χ4v) is 3.66. The van der Waals surface area contributed by atoms with E-state index in [-0.39, 0.29) is 35.9 Å². The van der Waals surface area contributed by atoms with Crippen molar-refractivity contribution in [2.45, 2.75) is 25.5 Å². The van der Waals surface area contributed by atoms with Crippen molar-refractivity contribution in [3.05, 3.63) is 34.7 Å². The van der Waals surface area contributed by atoms with Gasteiger partial charge in [-0.2, -0.15) is 0 Å². The molecule has 2 amide bonds. The van der Waals surface area contributed by atoms with E-state index in [1.807, 2.05) is 0 Å². The lowest BCUT2D eigenvalue weighted by atomic mass is 10.00. The van der Waals surface area contributed by atoms with Crippen molar-refractivity contribution in [1.29, 1.82) is 0 Å². The van der Waals surface area contributed by atoms with E-state index in [1.165, 1.54) is 10.6 Å². The van der Waals surface area contributed by atoms with Gasteiger partial charge in [0.15, 0.2) is 11.8 Å². The molecule has 132 valence electrons. The van der Waals surface area contributed by atoms with Crippen LogP contribution in [0.25, 0.3) is 0 Å². The number of hydrogen-bond acceptors (Lipinski definition) is 5. The normalized spacial score (nSPS) is 24.9. The molecule has 1 aromatic heterocycles. The number of hydrogen-bond donors (Lipinski definition) is 0. The van der Waals surface area contributed by atoms with Gasteiger partial charge in [-0.15, -0.1) is 0 Å². The molecule has 8 heteroatoms. The first-order chi connectivity index (χ1) is 12.1. The van der Waals surface area contributed by atoms with Crippen LogP contribution in [0.15, 0.2) is 34.3 Å². The summed E-state index contributed by atoms with van der Waals surface area (Å²) < 4.78 is 1.38. The highest BCUT2D eigenvalue weighted by Gasteiger charge is 2.47. The third kappa shape index (κ3) is 2.92. The molecule has 4 heterocycles. The van der Waals surface area contributed by atoms with E-state index in [4.69, 9.17) is 4.84 Å². The SMILES string of the molecule is O=C(Cn1ccccc1=O)N1C[C@@H]2C(C(=O)N3CCCC3)=NO[C@@H]2C1. The monoisotopic (exact) mass is 344 g/mol. The number of rotatable bonds is 3. The highest BCUT2D eigenvalue weighted by atomic mass is 16.6. The van der Waals surface area contributed by atoms with E-state index >= 15 is 0 Å². The lowest BCUT2D eigenvalue weighted by Gasteiger charge is -2.19. The first-order valence-corrected chi connectivity index (χ1v) is 8.60. The second-order valence-corrected chi connectivity index (χ2v) is 6.69. The molecule has 25 heavy (non-hydrogen) atoms. The van der Waals surface area contributed by atoms with Crippen LogP contribution in [0, 0.1) is 5.92 Å². The average Bonchev–Trinajstić information content (AvgIpc) is 3.33. The van der Waals surface area contributed by atoms with Gasteiger partial charge in [0.05, 0.1) is 12.5 Å². The number of aromatic nitrogens is 1. The predicted molar refractivity (Wildman–Crippen MR) is 88.9 cm³/mol. The summed E-state index contributed by atoms with van der Waals surface area (Å²) in [6, 6.07) is 4.79. The summed E-state index contributed by atoms with van der Waals surface area (Å²) in [5.41, 5.74) is 0.219. The highest BCUT2D eigenvalue weighted by Crippen LogP contribution is 2.28. The maximum Gasteiger partial charge on any atom is 0.272 e. The maximum absolute atomic E-state index is 12.6. The van der Waals surface area contributed by atoms with Crippen LogP contribution in [0.4, 0.5) is 0 Å². The van der Waals surface area contributed by atoms with E-state index in [1.54, 1.807) is 28.1 Å². The van der Waals surface area contributed by atoms with E-state index < -0.39 is 0 Å². The van der Waals surface area contributed by atoms with Crippen LogP contribution in [0.3, 0.4) is 0 Å². The molecule has 2 saturated heterocycles. The van der Waals surface area contributed by atoms with Crippen LogP contribution < -0.4 is 5.56 Å². The van der Waals surface area contributed by atoms with Crippen LogP contribution in [0.1, 0.15) is 12.8 Å². The molecule has 2 atom stereocenters. The molecule has 0 saturated carbocycles. The number of likely N-dealkylation sites (tertiary alicyclic amines) is 2. The standard InChI is InChI=1S/C17H20N4O4/c22-14-5-1-2-8-20(14)11-15(23)21-9-12-13(10-21)25-18-16(12)17(24)19-6-3-4-7-19/h1-2,5,8,12-13H,3-4,6-7,9-11H2/t12-,13+/m0/s1. The molecule has 0 spiro atoms. The van der Waals surface area contributed by atoms with E-state index in [2.05, 4.69) is 5.16 Å². The zero-order valence-corrected chi connectivity index (χ0v) is 13.8. The maximum atomic E-state index is 12.6. The zero-order chi connectivity index (χ0) is 17.4. The number of amides is 2. The summed E-state index contributed by atoms with van der Waals surface area (Å²) in [5.74, 6) is -0.401. The molecule has 0 bridgehead atoms. The number of nitrogens with zero attached hydrogens (tertiary/aromatic N) is 4. The number of fused-ring (bicyclic) bond motifs is 1. The first-order valence-electron chi connectivity index (χ1n) is 8.60. The smallest absolute Gasteiger partial charge is 0.272 e. The van der Waals surface area contributed by atoms with Gasteiger partial charge in [0, 0.05) is 31.9 Å². The first kappa shape index (κ1) is 15.9. The van der Waals surface area contributed by atoms with Crippen LogP contribution in [-0.2, 0) is 21.0 Å². The topological polar surface area (TPSA) is 84.2 Å². The van der Waals surface area contributed by atoms with Crippen molar-refractivity contribution in [3.8, 4) is 0 Å². The second kappa shape index (κ2) is 6.34. The minimum atomic E-state index is -0.266. The van der Waals surface area contributed by atoms with E-state index in [0.717, 1.165) is 25.9 Å². The Bertz CT molecular complexity index is 781. The van der Waals surface area contributed by atoms with Crippen molar-refractivity contribution in [2.24, 2.45) is 11.1 Å². The van der Waals surface area contributed by atoms with Gasteiger partial charge in [-0.3, -0.25) is 14.4 Å². The molecule has 2 fully saturated rings. The minimum absolute atomic E-state index is 0.00827. The lowest BCUT2D eigenvalue weighted by Crippen LogP contribution is -2.39. The number of carbonyl (C=O) groups excluding carboxylic acids is 2. The molecule has 1 aromatic rings. The van der Waals surface area contributed by atoms with E-state index in [9.17, 15) is 14.4 Å². The predicted octanol–water partition coefficient (Wildman–Crippen LogP) is -0.316. The molecule has 0 aliphatic carbocycles. The van der Waals surface area contributed by atoms with Gasteiger partial charge in [0.25, 0.3) is 11.5 Å². The molecule has 0 unspecified atom stereocenters. The molecule has 0 N–H and O–H groups in total. The van der Waals surface area contributed by atoms with Crippen LogP contribution in [-0.4, -0.2) is 64.2 Å². The van der Waals surface area contributed by atoms with Crippen molar-refractivity contribution in [1.82, 2.24) is 14.4 Å². The molecule has 0 radical (unpaired) electrons. The molecule has 0 aromatic carbocycles. The van der Waals surface area contributed by atoms with Crippen molar-refractivity contribution < 1.29 is 14.4 Å². The largest absolute Gasteiger partial charge is 0.389 e. The van der Waals surface area contributed by atoms with Gasteiger partial charge in [-0.1, -0.05) is 11.2 Å². The summed E-state index contributed by atoms with van der Waals surface area (Å²) in [6.07, 6.45) is 3.37. The van der Waals surface area contributed by atoms with Crippen LogP contribution in [0.2, 0.25) is 0 Å². The molecular formula is C17H20N4O4. The van der Waals surface area contributed by atoms with Crippen LogP contribution >= 0.6 is 0 Å². The highest BCUT2D eigenvalue weighted by molar-refractivity contribution is 6.40. The molecule has 3 aliphatic heterocycles. The Morgan fingerprint density at radius 2 is 1.96 bits per heavy atom. The van der Waals surface area contributed by atoms with Crippen molar-refractivity contribution >= 4 is 17.5 Å². The van der Waals surface area contributed by atoms with Gasteiger partial charge in [-0.25, -0.2) is 0 Å². The van der Waals surface area contributed by atoms with E-state index in [0.29, 0.717) is 18.8 Å². The Morgan fingerprint density at radius 1 is 1.16 bits per heavy atom. The Kier molecular flexibility index (Phi) is 4.03. The quantitative estimate of drug-likeness (QED) is 0.753. The third-order valence-electron chi connectivity index (χ3n) is 5.07. The fraction of sp³-hybridized carbons (Fsp3) is 0.529. The van der Waals surface area contributed by atoms with Crippen LogP contribution in [0.5, 0.6) is 0 Å². The minimum Gasteiger partial charge on any atom is -0.389 e. The second-order valence-electron chi connectivity index (χ2n) is 6.69. The summed E-state index contributed by atoms with van der Waals surface area (Å²) in [5, 5.41) is 3.99. The Morgan fingerprint density at radius 3 is 2.72 bits per heavy atom. The Labute approximate surface area is 144 Å². The molecule has 8 nitrogen and oxygen atoms in total. The van der Waals surface area contributed by atoms with Gasteiger partial charge in [0.1, 0.15) is 6.54 Å². The summed E-state index contributed by atoms with van der Waals surface area (Å²) >= 11 is 0. The Hall–Kier alpha value is -2.64. The fourth-order valence-electron chi connectivity index (χ4n) is 3.66. The number of oxime groups is 1. The van der Waals surface area contributed by atoms with Gasteiger partial charge in [-0.05, 0) is 18.9 Å². The average molecular weight is 344 g/mol. The lowest BCUT2D eigenvalue weighted by molar-refractivity contribution is -0.131. The summed E-state index contributed by atoms with van der Waals surface area (Å²) in [7, 11) is 0. The Balaban J connectivity index is 1.42. The van der Waals surface area contributed by atoms with Gasteiger partial charge < -0.3 is 19.2 Å². The van der Waals surface area contributed by atoms with Gasteiger partial charge >= 0.3 is 0 Å². The molecule has 3 aliphatic rings. The van der Waals surface area contributed by atoms with Crippen molar-refractivity contribution in [3.63, 3.8) is 0 Å². The molecular weight excluding hydrogens is 324 g/mol. The number of carbonyl (C=O) groups is 2. The molecule has 4 rings (SSSR count). The summed E-state index contributed by atoms with van der Waals surface area (Å²) in [4.78, 5) is 45.7. The number of pyridine rings is 1.